The maximum atomic E-state index is 9.98. The zero-order valence-corrected chi connectivity index (χ0v) is 25.0. The molecule has 3 unspecified atom stereocenters. The summed E-state index contributed by atoms with van der Waals surface area (Å²) >= 11 is 0. The number of piperidine rings is 1. The lowest BCUT2D eigenvalue weighted by Gasteiger charge is -2.39. The normalized spacial score (nSPS) is 21.0. The molecule has 42 heavy (non-hydrogen) atoms. The van der Waals surface area contributed by atoms with Crippen molar-refractivity contribution in [3.63, 3.8) is 0 Å². The van der Waals surface area contributed by atoms with Crippen LogP contribution in [-0.2, 0) is 11.3 Å². The quantitative estimate of drug-likeness (QED) is 0.351. The van der Waals surface area contributed by atoms with Gasteiger partial charge in [-0.15, -0.1) is 0 Å². The molecule has 1 aromatic heterocycles. The molecule has 226 valence electrons. The highest BCUT2D eigenvalue weighted by Crippen LogP contribution is 2.37. The summed E-state index contributed by atoms with van der Waals surface area (Å²) in [7, 11) is 1.80. The van der Waals surface area contributed by atoms with Crippen molar-refractivity contribution in [3.05, 3.63) is 65.7 Å². The summed E-state index contributed by atoms with van der Waals surface area (Å²) in [5.74, 6) is 3.34. The summed E-state index contributed by atoms with van der Waals surface area (Å²) < 4.78 is 10.8. The smallest absolute Gasteiger partial charge is 0.164 e. The highest BCUT2D eigenvalue weighted by molar-refractivity contribution is 5.66. The Morgan fingerprint density at radius 3 is 2.62 bits per heavy atom. The molecule has 4 N–H and O–H groups in total. The fourth-order valence-electron chi connectivity index (χ4n) is 6.15. The number of anilines is 2. The second kappa shape index (κ2) is 14.8. The molecule has 9 nitrogen and oxygen atoms in total. The molecule has 0 spiro atoms. The number of fused-ring (bicyclic) bond motifs is 1. The summed E-state index contributed by atoms with van der Waals surface area (Å²) in [4.78, 5) is 14.8. The number of hydrogen-bond donors (Lipinski definition) is 3. The highest BCUT2D eigenvalue weighted by Gasteiger charge is 2.40. The van der Waals surface area contributed by atoms with Gasteiger partial charge in [-0.3, -0.25) is 4.90 Å². The molecule has 3 saturated heterocycles. The van der Waals surface area contributed by atoms with E-state index >= 15 is 0 Å². The minimum Gasteiger partial charge on any atom is -0.491 e. The van der Waals surface area contributed by atoms with Crippen molar-refractivity contribution in [2.24, 2.45) is 5.92 Å². The number of aliphatic hydroxyl groups is 1. The van der Waals surface area contributed by atoms with E-state index in [0.29, 0.717) is 35.9 Å². The van der Waals surface area contributed by atoms with Crippen LogP contribution in [0.3, 0.4) is 0 Å². The van der Waals surface area contributed by atoms with Gasteiger partial charge in [0.25, 0.3) is 0 Å². The summed E-state index contributed by atoms with van der Waals surface area (Å²) in [6, 6.07) is 18.8. The van der Waals surface area contributed by atoms with E-state index in [-0.39, 0.29) is 6.61 Å². The topological polar surface area (TPSA) is 109 Å². The number of aliphatic hydroxyl groups excluding tert-OH is 1. The Morgan fingerprint density at radius 2 is 1.88 bits per heavy atom. The second-order valence-corrected chi connectivity index (χ2v) is 11.6. The third-order valence-electron chi connectivity index (χ3n) is 8.34. The molecule has 0 bridgehead atoms. The molecule has 6 rings (SSSR count). The van der Waals surface area contributed by atoms with Crippen molar-refractivity contribution in [2.45, 2.75) is 51.3 Å². The van der Waals surface area contributed by atoms with Gasteiger partial charge in [-0.25, -0.2) is 9.97 Å². The minimum atomic E-state index is -0.577. The van der Waals surface area contributed by atoms with Crippen molar-refractivity contribution >= 4 is 11.6 Å². The molecule has 0 aliphatic carbocycles. The summed E-state index contributed by atoms with van der Waals surface area (Å²) in [5, 5.41) is 12.9. The molecular weight excluding hydrogens is 528 g/mol. The van der Waals surface area contributed by atoms with Crippen molar-refractivity contribution in [2.75, 3.05) is 63.7 Å². The predicted molar refractivity (Wildman–Crippen MR) is 168 cm³/mol. The van der Waals surface area contributed by atoms with E-state index in [2.05, 4.69) is 50.4 Å². The monoisotopic (exact) mass is 574 g/mol. The first-order valence-corrected chi connectivity index (χ1v) is 15.3. The molecule has 2 aromatic carbocycles. The van der Waals surface area contributed by atoms with Gasteiger partial charge in [-0.05, 0) is 63.3 Å². The van der Waals surface area contributed by atoms with Gasteiger partial charge < -0.3 is 30.5 Å². The number of likely N-dealkylation sites (N-methyl/N-ethyl adjacent to an activating group) is 1. The number of hydrogen-bond acceptors (Lipinski definition) is 9. The van der Waals surface area contributed by atoms with Crippen molar-refractivity contribution in [3.8, 4) is 17.1 Å². The van der Waals surface area contributed by atoms with Crippen LogP contribution in [0.25, 0.3) is 11.4 Å². The number of nitrogens with zero attached hydrogens (tertiary/aromatic N) is 4. The average Bonchev–Trinajstić information content (AvgIpc) is 3.72. The van der Waals surface area contributed by atoms with Crippen LogP contribution in [0.1, 0.15) is 36.8 Å². The van der Waals surface area contributed by atoms with Crippen LogP contribution in [0.4, 0.5) is 11.6 Å². The van der Waals surface area contributed by atoms with E-state index in [4.69, 9.17) is 20.2 Å². The third-order valence-corrected chi connectivity index (χ3v) is 8.34. The third kappa shape index (κ3) is 7.77. The van der Waals surface area contributed by atoms with Gasteiger partial charge >= 0.3 is 0 Å². The van der Waals surface area contributed by atoms with Crippen molar-refractivity contribution in [1.82, 2.24) is 20.2 Å². The minimum absolute atomic E-state index is 0.211. The molecule has 0 radical (unpaired) electrons. The Morgan fingerprint density at radius 1 is 1.07 bits per heavy atom. The van der Waals surface area contributed by atoms with Gasteiger partial charge in [0.05, 0.1) is 0 Å². The molecule has 4 heterocycles. The summed E-state index contributed by atoms with van der Waals surface area (Å²) in [5.41, 5.74) is 9.59. The number of nitrogens with two attached hydrogens (primary N) is 1. The van der Waals surface area contributed by atoms with Crippen LogP contribution >= 0.6 is 0 Å². The first kappa shape index (κ1) is 30.2. The van der Waals surface area contributed by atoms with Crippen LogP contribution in [0.5, 0.6) is 5.75 Å². The standard InChI is InChI=1S/C29H38N6O2.C4H8O/c1-20-27(30)32-28(22-10-6-12-25(14-22)37-19-24(36)15-31-2)33-29(20)35-13-7-11-23-17-34(18-26(23)35)16-21-8-4-3-5-9-21;1-2-4-5-3-1/h3-6,8-10,12,14,23-24,26,31,36H,7,11,13,15-19H2,1-2H3,(H2,30,32,33);1-4H2. The number of nitrogens with one attached hydrogen (secondary N) is 1. The van der Waals surface area contributed by atoms with E-state index < -0.39 is 6.10 Å². The first-order valence-electron chi connectivity index (χ1n) is 15.3. The van der Waals surface area contributed by atoms with E-state index in [1.54, 1.807) is 7.05 Å². The van der Waals surface area contributed by atoms with Gasteiger partial charge in [0, 0.05) is 63.1 Å². The lowest BCUT2D eigenvalue weighted by molar-refractivity contribution is 0.108. The molecule has 3 atom stereocenters. The van der Waals surface area contributed by atoms with Crippen molar-refractivity contribution < 1.29 is 14.6 Å². The fourth-order valence-corrected chi connectivity index (χ4v) is 6.15. The molecule has 0 amide bonds. The predicted octanol–water partition coefficient (Wildman–Crippen LogP) is 3.89. The SMILES string of the molecule is C1CCOC1.CNCC(O)COc1cccc(-c2nc(N)c(C)c(N3CCCC4CN(Cc5ccccc5)CC43)n2)c1. The molecule has 3 aliphatic heterocycles. The molecule has 9 heteroatoms. The number of likely N-dealkylation sites (tertiary alicyclic amines) is 1. The van der Waals surface area contributed by atoms with Crippen LogP contribution in [0, 0.1) is 12.8 Å². The van der Waals surface area contributed by atoms with Gasteiger partial charge in [-0.2, -0.15) is 0 Å². The van der Waals surface area contributed by atoms with Crippen LogP contribution < -0.4 is 20.7 Å². The molecule has 3 aromatic rings. The van der Waals surface area contributed by atoms with Crippen molar-refractivity contribution in [1.29, 1.82) is 0 Å². The van der Waals surface area contributed by atoms with Crippen LogP contribution in [0.15, 0.2) is 54.6 Å². The van der Waals surface area contributed by atoms with E-state index in [1.165, 1.54) is 24.8 Å². The Bertz CT molecular complexity index is 1260. The largest absolute Gasteiger partial charge is 0.491 e. The lowest BCUT2D eigenvalue weighted by atomic mass is 9.92. The zero-order chi connectivity index (χ0) is 29.3. The van der Waals surface area contributed by atoms with Crippen LogP contribution in [0.2, 0.25) is 0 Å². The Hall–Kier alpha value is -3.24. The maximum Gasteiger partial charge on any atom is 0.164 e. The van der Waals surface area contributed by atoms with Crippen LogP contribution in [-0.4, -0.2) is 85.2 Å². The molecule has 3 fully saturated rings. The number of rotatable bonds is 9. The Kier molecular flexibility index (Phi) is 10.6. The second-order valence-electron chi connectivity index (χ2n) is 11.6. The highest BCUT2D eigenvalue weighted by atomic mass is 16.5. The number of aromatic nitrogens is 2. The molecule has 3 aliphatic rings. The summed E-state index contributed by atoms with van der Waals surface area (Å²) in [6.45, 7) is 8.80. The lowest BCUT2D eigenvalue weighted by Crippen LogP contribution is -2.46. The van der Waals surface area contributed by atoms with Gasteiger partial charge in [-0.1, -0.05) is 42.5 Å². The molecular formula is C33H46N6O3. The zero-order valence-electron chi connectivity index (χ0n) is 25.0. The fraction of sp³-hybridized carbons (Fsp3) is 0.515. The van der Waals surface area contributed by atoms with E-state index in [0.717, 1.165) is 62.8 Å². The number of nitrogen functional groups attached to an aromatic ring is 1. The Balaban J connectivity index is 0.000000639. The summed E-state index contributed by atoms with van der Waals surface area (Å²) in [6.07, 6.45) is 4.38. The maximum absolute atomic E-state index is 9.98. The van der Waals surface area contributed by atoms with Gasteiger partial charge in [0.2, 0.25) is 0 Å². The number of ether oxygens (including phenoxy) is 2. The van der Waals surface area contributed by atoms with E-state index in [9.17, 15) is 5.11 Å². The van der Waals surface area contributed by atoms with Gasteiger partial charge in [0.15, 0.2) is 5.82 Å². The molecule has 0 saturated carbocycles. The Labute approximate surface area is 250 Å². The number of benzene rings is 2. The average molecular weight is 575 g/mol. The first-order chi connectivity index (χ1) is 20.5. The van der Waals surface area contributed by atoms with E-state index in [1.807, 2.05) is 31.2 Å². The van der Waals surface area contributed by atoms with Gasteiger partial charge in [0.1, 0.15) is 30.1 Å².